The van der Waals surface area contributed by atoms with Gasteiger partial charge in [-0.05, 0) is 48.0 Å². The Morgan fingerprint density at radius 3 is 2.42 bits per heavy atom. The van der Waals surface area contributed by atoms with Crippen LogP contribution in [0.5, 0.6) is 11.5 Å². The molecule has 186 valence electrons. The molecule has 0 radical (unpaired) electrons. The third-order valence-electron chi connectivity index (χ3n) is 5.41. The Balaban J connectivity index is 1.61. The van der Waals surface area contributed by atoms with Gasteiger partial charge in [-0.15, -0.1) is 0 Å². The lowest BCUT2D eigenvalue weighted by Crippen LogP contribution is -2.44. The number of nitrogen functional groups attached to an aromatic ring is 1. The summed E-state index contributed by atoms with van der Waals surface area (Å²) >= 11 is 0. The number of aromatic nitrogens is 4. The number of hydrogen-bond acceptors (Lipinski definition) is 8. The van der Waals surface area contributed by atoms with Gasteiger partial charge in [0, 0.05) is 18.3 Å². The Hall–Kier alpha value is -4.67. The van der Waals surface area contributed by atoms with Crippen molar-refractivity contribution in [2.75, 3.05) is 24.8 Å². The fourth-order valence-electron chi connectivity index (χ4n) is 3.47. The molecule has 4 rings (SSSR count). The van der Waals surface area contributed by atoms with E-state index < -0.39 is 11.4 Å². The Morgan fingerprint density at radius 2 is 1.72 bits per heavy atom. The number of hydrogen-bond donors (Lipinski definition) is 2. The third kappa shape index (κ3) is 5.87. The van der Waals surface area contributed by atoms with E-state index in [1.807, 2.05) is 12.1 Å². The van der Waals surface area contributed by atoms with E-state index in [9.17, 15) is 14.0 Å². The standard InChI is InChI=1S/C25H25FN6O4/c1-35-20-8-4-17(5-9-20)16-32-23(29-15-18-3-2-12-28-22(18)27)30-24(33)31(25(32)34)13-14-36-21-10-6-19(26)7-11-21/h2-12H,13-16H2,1H3,(H2,27,28)(H,29,30,33). The van der Waals surface area contributed by atoms with Crippen LogP contribution in [0.25, 0.3) is 0 Å². The third-order valence-corrected chi connectivity index (χ3v) is 5.41. The summed E-state index contributed by atoms with van der Waals surface area (Å²) in [5, 5.41) is 3.04. The minimum Gasteiger partial charge on any atom is -0.497 e. The van der Waals surface area contributed by atoms with Crippen molar-refractivity contribution in [1.82, 2.24) is 19.1 Å². The van der Waals surface area contributed by atoms with Gasteiger partial charge in [-0.1, -0.05) is 18.2 Å². The molecular formula is C25H25FN6O4. The number of benzene rings is 2. The van der Waals surface area contributed by atoms with Gasteiger partial charge < -0.3 is 20.5 Å². The molecule has 0 unspecified atom stereocenters. The summed E-state index contributed by atoms with van der Waals surface area (Å²) in [6, 6.07) is 16.2. The van der Waals surface area contributed by atoms with Crippen molar-refractivity contribution in [2.45, 2.75) is 19.6 Å². The van der Waals surface area contributed by atoms with Crippen molar-refractivity contribution in [2.24, 2.45) is 0 Å². The molecule has 0 saturated heterocycles. The maximum Gasteiger partial charge on any atom is 0.355 e. The van der Waals surface area contributed by atoms with E-state index in [2.05, 4.69) is 15.3 Å². The lowest BCUT2D eigenvalue weighted by molar-refractivity contribution is 0.290. The Morgan fingerprint density at radius 1 is 1.00 bits per heavy atom. The Kier molecular flexibility index (Phi) is 7.59. The number of anilines is 2. The maximum absolute atomic E-state index is 13.4. The fraction of sp³-hybridized carbons (Fsp3) is 0.200. The number of rotatable bonds is 10. The van der Waals surface area contributed by atoms with Crippen LogP contribution in [0, 0.1) is 5.82 Å². The molecule has 0 fully saturated rings. The average Bonchev–Trinajstić information content (AvgIpc) is 2.89. The minimum atomic E-state index is -0.727. The number of ether oxygens (including phenoxy) is 2. The van der Waals surface area contributed by atoms with Crippen molar-refractivity contribution in [3.63, 3.8) is 0 Å². The van der Waals surface area contributed by atoms with Crippen LogP contribution in [0.1, 0.15) is 11.1 Å². The summed E-state index contributed by atoms with van der Waals surface area (Å²) < 4.78 is 26.2. The lowest BCUT2D eigenvalue weighted by Gasteiger charge is -2.16. The highest BCUT2D eigenvalue weighted by Gasteiger charge is 2.15. The van der Waals surface area contributed by atoms with Gasteiger partial charge in [0.2, 0.25) is 5.95 Å². The molecule has 36 heavy (non-hydrogen) atoms. The van der Waals surface area contributed by atoms with Crippen molar-refractivity contribution in [3.05, 3.63) is 105 Å². The number of halogens is 1. The smallest absolute Gasteiger partial charge is 0.355 e. The highest BCUT2D eigenvalue weighted by molar-refractivity contribution is 5.41. The van der Waals surface area contributed by atoms with E-state index in [0.717, 1.165) is 10.1 Å². The van der Waals surface area contributed by atoms with Crippen molar-refractivity contribution in [1.29, 1.82) is 0 Å². The molecule has 0 spiro atoms. The van der Waals surface area contributed by atoms with Gasteiger partial charge in [-0.3, -0.25) is 4.57 Å². The summed E-state index contributed by atoms with van der Waals surface area (Å²) in [6.07, 6.45) is 1.58. The first-order valence-electron chi connectivity index (χ1n) is 11.1. The quantitative estimate of drug-likeness (QED) is 0.345. The maximum atomic E-state index is 13.4. The van der Waals surface area contributed by atoms with Gasteiger partial charge in [-0.2, -0.15) is 4.98 Å². The number of nitrogens with one attached hydrogen (secondary N) is 1. The zero-order valence-corrected chi connectivity index (χ0v) is 19.6. The van der Waals surface area contributed by atoms with Crippen LogP contribution in [-0.4, -0.2) is 32.8 Å². The number of pyridine rings is 1. The van der Waals surface area contributed by atoms with E-state index in [1.54, 1.807) is 37.6 Å². The Labute approximate surface area is 205 Å². The molecule has 4 aromatic rings. The monoisotopic (exact) mass is 492 g/mol. The van der Waals surface area contributed by atoms with Gasteiger partial charge in [0.1, 0.15) is 29.7 Å². The predicted molar refractivity (Wildman–Crippen MR) is 133 cm³/mol. The van der Waals surface area contributed by atoms with Crippen LogP contribution in [-0.2, 0) is 19.6 Å². The SMILES string of the molecule is COc1ccc(Cn2c(NCc3cccnc3N)nc(=O)n(CCOc3ccc(F)cc3)c2=O)cc1. The molecule has 0 aliphatic rings. The van der Waals surface area contributed by atoms with Gasteiger partial charge >= 0.3 is 11.4 Å². The number of methoxy groups -OCH3 is 1. The molecule has 0 saturated carbocycles. The highest BCUT2D eigenvalue weighted by Crippen LogP contribution is 2.14. The summed E-state index contributed by atoms with van der Waals surface area (Å²) in [4.78, 5) is 34.3. The summed E-state index contributed by atoms with van der Waals surface area (Å²) in [7, 11) is 1.57. The predicted octanol–water partition coefficient (Wildman–Crippen LogP) is 2.27. The zero-order valence-electron chi connectivity index (χ0n) is 19.6. The van der Waals surface area contributed by atoms with Crippen molar-refractivity contribution in [3.8, 4) is 11.5 Å². The van der Waals surface area contributed by atoms with Gasteiger partial charge in [0.15, 0.2) is 0 Å². The molecule has 0 bridgehead atoms. The van der Waals surface area contributed by atoms with Gasteiger partial charge in [0.25, 0.3) is 0 Å². The second kappa shape index (κ2) is 11.2. The molecule has 2 aromatic heterocycles. The lowest BCUT2D eigenvalue weighted by atomic mass is 10.2. The van der Waals surface area contributed by atoms with Crippen LogP contribution in [0.15, 0.2) is 76.4 Å². The molecule has 0 aliphatic heterocycles. The summed E-state index contributed by atoms with van der Waals surface area (Å²) in [6.45, 7) is 0.343. The average molecular weight is 493 g/mol. The molecule has 3 N–H and O–H groups in total. The second-order valence-corrected chi connectivity index (χ2v) is 7.79. The molecule has 0 aliphatic carbocycles. The first kappa shape index (κ1) is 24.5. The molecule has 2 aromatic carbocycles. The molecule has 0 amide bonds. The normalized spacial score (nSPS) is 10.7. The van der Waals surface area contributed by atoms with Crippen LogP contribution in [0.4, 0.5) is 16.2 Å². The Bertz CT molecular complexity index is 1440. The molecule has 0 atom stereocenters. The van der Waals surface area contributed by atoms with E-state index >= 15 is 0 Å². The van der Waals surface area contributed by atoms with E-state index in [4.69, 9.17) is 15.2 Å². The fourth-order valence-corrected chi connectivity index (χ4v) is 3.47. The molecule has 11 heteroatoms. The summed E-state index contributed by atoms with van der Waals surface area (Å²) in [5.74, 6) is 1.14. The zero-order chi connectivity index (χ0) is 25.5. The van der Waals surface area contributed by atoms with E-state index in [1.165, 1.54) is 28.8 Å². The topological polar surface area (TPSA) is 126 Å². The second-order valence-electron chi connectivity index (χ2n) is 7.79. The molecular weight excluding hydrogens is 467 g/mol. The van der Waals surface area contributed by atoms with Gasteiger partial charge in [-0.25, -0.2) is 23.5 Å². The molecule has 10 nitrogen and oxygen atoms in total. The van der Waals surface area contributed by atoms with E-state index in [-0.39, 0.29) is 38.0 Å². The van der Waals surface area contributed by atoms with Crippen molar-refractivity contribution >= 4 is 11.8 Å². The number of nitrogens with two attached hydrogens (primary N) is 1. The largest absolute Gasteiger partial charge is 0.497 e. The van der Waals surface area contributed by atoms with Crippen LogP contribution >= 0.6 is 0 Å². The minimum absolute atomic E-state index is 0.0178. The first-order valence-corrected chi connectivity index (χ1v) is 11.1. The summed E-state index contributed by atoms with van der Waals surface area (Å²) in [5.41, 5.74) is 6.13. The molecule has 2 heterocycles. The van der Waals surface area contributed by atoms with E-state index in [0.29, 0.717) is 22.9 Å². The van der Waals surface area contributed by atoms with Crippen LogP contribution in [0.3, 0.4) is 0 Å². The van der Waals surface area contributed by atoms with Gasteiger partial charge in [0.05, 0.1) is 20.2 Å². The van der Waals surface area contributed by atoms with Crippen molar-refractivity contribution < 1.29 is 13.9 Å². The number of nitrogens with zero attached hydrogens (tertiary/aromatic N) is 4. The van der Waals surface area contributed by atoms with Crippen LogP contribution in [0.2, 0.25) is 0 Å². The first-order chi connectivity index (χ1) is 17.4. The van der Waals surface area contributed by atoms with Crippen LogP contribution < -0.4 is 31.9 Å². The highest BCUT2D eigenvalue weighted by atomic mass is 19.1.